The average Bonchev–Trinajstić information content (AvgIpc) is 3.05. The third-order valence-electron chi connectivity index (χ3n) is 2.94. The Morgan fingerprint density at radius 1 is 1.71 bits per heavy atom. The summed E-state index contributed by atoms with van der Waals surface area (Å²) in [6.07, 6.45) is 2.81. The number of aliphatic hydroxyl groups is 1. The Labute approximate surface area is 104 Å². The van der Waals surface area contributed by atoms with Crippen LogP contribution in [0.2, 0.25) is 0 Å². The highest BCUT2D eigenvalue weighted by molar-refractivity contribution is 7.12. The lowest BCUT2D eigenvalue weighted by Gasteiger charge is -2.16. The Morgan fingerprint density at radius 3 is 3.06 bits per heavy atom. The van der Waals surface area contributed by atoms with Crippen molar-refractivity contribution in [2.75, 3.05) is 6.61 Å². The van der Waals surface area contributed by atoms with Crippen molar-refractivity contribution in [2.45, 2.75) is 25.3 Å². The van der Waals surface area contributed by atoms with Crippen LogP contribution in [0.1, 0.15) is 34.5 Å². The molecule has 0 radical (unpaired) electrons. The van der Waals surface area contributed by atoms with E-state index >= 15 is 0 Å². The van der Waals surface area contributed by atoms with E-state index in [4.69, 9.17) is 10.4 Å². The van der Waals surface area contributed by atoms with Gasteiger partial charge in [-0.05, 0) is 36.6 Å². The molecule has 1 atom stereocenters. The van der Waals surface area contributed by atoms with Crippen molar-refractivity contribution in [1.82, 2.24) is 5.32 Å². The molecule has 1 fully saturated rings. The van der Waals surface area contributed by atoms with Crippen LogP contribution in [0.5, 0.6) is 0 Å². The number of hydrogen-bond donors (Lipinski definition) is 2. The summed E-state index contributed by atoms with van der Waals surface area (Å²) >= 11 is 1.28. The van der Waals surface area contributed by atoms with Gasteiger partial charge in [0.05, 0.1) is 5.56 Å². The normalized spacial score (nSPS) is 16.2. The van der Waals surface area contributed by atoms with Gasteiger partial charge in [0.15, 0.2) is 0 Å². The third-order valence-corrected chi connectivity index (χ3v) is 3.85. The Bertz CT molecular complexity index is 446. The van der Waals surface area contributed by atoms with Crippen LogP contribution in [-0.4, -0.2) is 23.7 Å². The third kappa shape index (κ3) is 2.84. The molecule has 5 heteroatoms. The predicted molar refractivity (Wildman–Crippen MR) is 64.7 cm³/mol. The van der Waals surface area contributed by atoms with Gasteiger partial charge >= 0.3 is 0 Å². The maximum Gasteiger partial charge on any atom is 0.262 e. The molecule has 0 bridgehead atoms. The van der Waals surface area contributed by atoms with Crippen LogP contribution in [0.3, 0.4) is 0 Å². The van der Waals surface area contributed by atoms with Crippen molar-refractivity contribution >= 4 is 17.2 Å². The lowest BCUT2D eigenvalue weighted by atomic mass is 10.1. The Kier molecular flexibility index (Phi) is 3.77. The van der Waals surface area contributed by atoms with Gasteiger partial charge in [0, 0.05) is 12.6 Å². The minimum absolute atomic E-state index is 0.0427. The van der Waals surface area contributed by atoms with E-state index in [0.29, 0.717) is 22.8 Å². The van der Waals surface area contributed by atoms with E-state index in [1.807, 2.05) is 6.07 Å². The Morgan fingerprint density at radius 2 is 2.47 bits per heavy atom. The summed E-state index contributed by atoms with van der Waals surface area (Å²) in [5.41, 5.74) is 0.422. The zero-order chi connectivity index (χ0) is 12.3. The highest BCUT2D eigenvalue weighted by atomic mass is 32.1. The van der Waals surface area contributed by atoms with Crippen molar-refractivity contribution in [3.63, 3.8) is 0 Å². The molecule has 1 unspecified atom stereocenters. The monoisotopic (exact) mass is 250 g/mol. The van der Waals surface area contributed by atoms with Crippen molar-refractivity contribution < 1.29 is 9.90 Å². The molecule has 0 saturated heterocycles. The molecule has 4 nitrogen and oxygen atoms in total. The van der Waals surface area contributed by atoms with E-state index in [1.165, 1.54) is 11.3 Å². The number of aliphatic hydroxyl groups excluding tert-OH is 1. The molecule has 0 aliphatic heterocycles. The minimum atomic E-state index is -0.193. The summed E-state index contributed by atoms with van der Waals surface area (Å²) < 4.78 is 0. The summed E-state index contributed by atoms with van der Waals surface area (Å²) in [4.78, 5) is 12.4. The zero-order valence-corrected chi connectivity index (χ0v) is 10.2. The van der Waals surface area contributed by atoms with Gasteiger partial charge < -0.3 is 10.4 Å². The smallest absolute Gasteiger partial charge is 0.262 e. The van der Waals surface area contributed by atoms with Gasteiger partial charge in [-0.15, -0.1) is 11.3 Å². The summed E-state index contributed by atoms with van der Waals surface area (Å²) in [6.45, 7) is 0.0804. The number of carbonyl (C=O) groups excluding carboxylic acids is 1. The molecule has 1 aromatic rings. The molecule has 2 N–H and O–H groups in total. The molecule has 1 aromatic heterocycles. The number of nitriles is 1. The maximum atomic E-state index is 12.0. The highest BCUT2D eigenvalue weighted by Gasteiger charge is 2.32. The Balaban J connectivity index is 2.02. The molecule has 0 spiro atoms. The van der Waals surface area contributed by atoms with E-state index in [-0.39, 0.29) is 18.6 Å². The first-order valence-electron chi connectivity index (χ1n) is 5.65. The molecule has 17 heavy (non-hydrogen) atoms. The van der Waals surface area contributed by atoms with E-state index < -0.39 is 0 Å². The van der Waals surface area contributed by atoms with Crippen LogP contribution < -0.4 is 5.32 Å². The fraction of sp³-hybridized carbons (Fsp3) is 0.500. The molecule has 0 aromatic carbocycles. The number of rotatable bonds is 5. The second-order valence-electron chi connectivity index (χ2n) is 4.20. The van der Waals surface area contributed by atoms with Gasteiger partial charge in [0.25, 0.3) is 5.91 Å². The summed E-state index contributed by atoms with van der Waals surface area (Å²) in [6, 6.07) is 3.70. The van der Waals surface area contributed by atoms with Crippen LogP contribution in [0, 0.1) is 17.2 Å². The molecule has 1 saturated carbocycles. The average molecular weight is 250 g/mol. The lowest BCUT2D eigenvalue weighted by Crippen LogP contribution is -2.37. The van der Waals surface area contributed by atoms with Crippen molar-refractivity contribution in [1.29, 1.82) is 5.26 Å². The SMILES string of the molecule is N#Cc1ccsc1C(=O)NC(CCO)C1CC1. The summed E-state index contributed by atoms with van der Waals surface area (Å²) in [5, 5.41) is 22.5. The van der Waals surface area contributed by atoms with Crippen LogP contribution in [-0.2, 0) is 0 Å². The van der Waals surface area contributed by atoms with Gasteiger partial charge in [0.1, 0.15) is 10.9 Å². The van der Waals surface area contributed by atoms with Gasteiger partial charge in [0.2, 0.25) is 0 Å². The van der Waals surface area contributed by atoms with Gasteiger partial charge in [-0.1, -0.05) is 0 Å². The first kappa shape index (κ1) is 12.1. The number of nitrogens with zero attached hydrogens (tertiary/aromatic N) is 1. The molecule has 90 valence electrons. The van der Waals surface area contributed by atoms with Crippen molar-refractivity contribution in [2.24, 2.45) is 5.92 Å². The summed E-state index contributed by atoms with van der Waals surface area (Å²) in [5.74, 6) is 0.304. The highest BCUT2D eigenvalue weighted by Crippen LogP contribution is 2.34. The first-order valence-corrected chi connectivity index (χ1v) is 6.53. The van der Waals surface area contributed by atoms with Gasteiger partial charge in [-0.3, -0.25) is 4.79 Å². The molecule has 1 aliphatic rings. The fourth-order valence-corrected chi connectivity index (χ4v) is 2.62. The second kappa shape index (κ2) is 5.30. The molecule has 1 heterocycles. The number of hydrogen-bond acceptors (Lipinski definition) is 4. The lowest BCUT2D eigenvalue weighted by molar-refractivity contribution is 0.0928. The van der Waals surface area contributed by atoms with E-state index in [9.17, 15) is 4.79 Å². The van der Waals surface area contributed by atoms with E-state index in [1.54, 1.807) is 11.4 Å². The van der Waals surface area contributed by atoms with Gasteiger partial charge in [-0.2, -0.15) is 5.26 Å². The quantitative estimate of drug-likeness (QED) is 0.832. The topological polar surface area (TPSA) is 73.1 Å². The largest absolute Gasteiger partial charge is 0.396 e. The second-order valence-corrected chi connectivity index (χ2v) is 5.12. The number of nitrogens with one attached hydrogen (secondary N) is 1. The maximum absolute atomic E-state index is 12.0. The van der Waals surface area contributed by atoms with Crippen molar-refractivity contribution in [3.05, 3.63) is 21.9 Å². The minimum Gasteiger partial charge on any atom is -0.396 e. The predicted octanol–water partition coefficient (Wildman–Crippen LogP) is 1.51. The number of amides is 1. The van der Waals surface area contributed by atoms with Crippen molar-refractivity contribution in [3.8, 4) is 6.07 Å². The molecule has 2 rings (SSSR count). The fourth-order valence-electron chi connectivity index (χ4n) is 1.87. The van der Waals surface area contributed by atoms with E-state index in [0.717, 1.165) is 12.8 Å². The van der Waals surface area contributed by atoms with Crippen LogP contribution >= 0.6 is 11.3 Å². The van der Waals surface area contributed by atoms with Crippen LogP contribution in [0.4, 0.5) is 0 Å². The zero-order valence-electron chi connectivity index (χ0n) is 9.35. The van der Waals surface area contributed by atoms with Crippen LogP contribution in [0.25, 0.3) is 0 Å². The molecule has 1 amide bonds. The number of carbonyl (C=O) groups is 1. The number of thiophene rings is 1. The molecular weight excluding hydrogens is 236 g/mol. The van der Waals surface area contributed by atoms with Crippen LogP contribution in [0.15, 0.2) is 11.4 Å². The first-order chi connectivity index (χ1) is 8.26. The molecule has 1 aliphatic carbocycles. The van der Waals surface area contributed by atoms with E-state index in [2.05, 4.69) is 5.32 Å². The van der Waals surface area contributed by atoms with Gasteiger partial charge in [-0.25, -0.2) is 0 Å². The molecular formula is C12H14N2O2S. The standard InChI is InChI=1S/C12H14N2O2S/c13-7-9-4-6-17-11(9)12(16)14-10(3-5-15)8-1-2-8/h4,6,8,10,15H,1-3,5H2,(H,14,16). The summed E-state index contributed by atoms with van der Waals surface area (Å²) in [7, 11) is 0. The Hall–Kier alpha value is -1.38.